The highest BCUT2D eigenvalue weighted by Gasteiger charge is 2.15. The van der Waals surface area contributed by atoms with Gasteiger partial charge in [-0.25, -0.2) is 4.98 Å². The molecule has 2 aromatic carbocycles. The number of nitrogens with zero attached hydrogens (tertiary/aromatic N) is 1. The van der Waals surface area contributed by atoms with Crippen molar-refractivity contribution in [3.63, 3.8) is 0 Å². The first-order chi connectivity index (χ1) is 9.38. The molecule has 0 saturated carbocycles. The Labute approximate surface area is 116 Å². The first-order valence-corrected chi connectivity index (χ1v) is 6.58. The average molecular weight is 270 g/mol. The number of alkyl halides is 1. The molecule has 0 spiro atoms. The van der Waals surface area contributed by atoms with Gasteiger partial charge in [-0.1, -0.05) is 60.7 Å². The van der Waals surface area contributed by atoms with E-state index >= 15 is 0 Å². The summed E-state index contributed by atoms with van der Waals surface area (Å²) < 4.78 is 5.76. The minimum Gasteiger partial charge on any atom is -0.439 e. The molecule has 0 fully saturated rings. The van der Waals surface area contributed by atoms with E-state index in [1.54, 1.807) is 0 Å². The Morgan fingerprint density at radius 1 is 0.842 bits per heavy atom. The van der Waals surface area contributed by atoms with Crippen LogP contribution in [0.4, 0.5) is 0 Å². The first-order valence-electron chi connectivity index (χ1n) is 6.05. The van der Waals surface area contributed by atoms with Crippen LogP contribution in [0.25, 0.3) is 22.6 Å². The molecule has 0 aliphatic rings. The summed E-state index contributed by atoms with van der Waals surface area (Å²) in [6, 6.07) is 19.9. The number of hydrogen-bond acceptors (Lipinski definition) is 2. The van der Waals surface area contributed by atoms with Gasteiger partial charge in [-0.2, -0.15) is 0 Å². The number of oxazole rings is 1. The Balaban J connectivity index is 2.17. The van der Waals surface area contributed by atoms with E-state index in [1.807, 2.05) is 60.7 Å². The number of hydrogen-bond donors (Lipinski definition) is 0. The second-order valence-electron chi connectivity index (χ2n) is 4.15. The molecule has 0 atom stereocenters. The van der Waals surface area contributed by atoms with Crippen LogP contribution in [-0.4, -0.2) is 4.98 Å². The molecule has 1 heterocycles. The van der Waals surface area contributed by atoms with Crippen molar-refractivity contribution in [2.45, 2.75) is 5.88 Å². The van der Waals surface area contributed by atoms with Gasteiger partial charge in [-0.05, 0) is 0 Å². The molecule has 19 heavy (non-hydrogen) atoms. The van der Waals surface area contributed by atoms with E-state index in [0.29, 0.717) is 5.89 Å². The van der Waals surface area contributed by atoms with Crippen LogP contribution < -0.4 is 0 Å². The van der Waals surface area contributed by atoms with Gasteiger partial charge in [0, 0.05) is 11.1 Å². The van der Waals surface area contributed by atoms with Crippen LogP contribution in [0.15, 0.2) is 65.1 Å². The zero-order chi connectivity index (χ0) is 13.1. The lowest BCUT2D eigenvalue weighted by Crippen LogP contribution is -1.82. The number of halogens is 1. The van der Waals surface area contributed by atoms with Crippen molar-refractivity contribution in [1.82, 2.24) is 4.98 Å². The number of aromatic nitrogens is 1. The summed E-state index contributed by atoms with van der Waals surface area (Å²) in [5.74, 6) is 1.58. The summed E-state index contributed by atoms with van der Waals surface area (Å²) in [5.41, 5.74) is 2.87. The van der Waals surface area contributed by atoms with Gasteiger partial charge in [0.05, 0.1) is 5.88 Å². The minimum absolute atomic E-state index is 0.271. The lowest BCUT2D eigenvalue weighted by molar-refractivity contribution is 0.529. The second kappa shape index (κ2) is 5.29. The van der Waals surface area contributed by atoms with Crippen molar-refractivity contribution in [1.29, 1.82) is 0 Å². The molecule has 0 radical (unpaired) electrons. The highest BCUT2D eigenvalue weighted by Crippen LogP contribution is 2.32. The first kappa shape index (κ1) is 12.0. The third-order valence-electron chi connectivity index (χ3n) is 2.87. The molecule has 0 unspecified atom stereocenters. The molecule has 0 aliphatic carbocycles. The van der Waals surface area contributed by atoms with E-state index < -0.39 is 0 Å². The third-order valence-corrected chi connectivity index (χ3v) is 3.10. The predicted molar refractivity (Wildman–Crippen MR) is 76.9 cm³/mol. The zero-order valence-electron chi connectivity index (χ0n) is 10.2. The Bertz CT molecular complexity index is 605. The van der Waals surface area contributed by atoms with E-state index in [-0.39, 0.29) is 5.88 Å². The summed E-state index contributed by atoms with van der Waals surface area (Å²) >= 11 is 5.83. The molecule has 2 nitrogen and oxygen atoms in total. The van der Waals surface area contributed by atoms with Crippen LogP contribution in [0.3, 0.4) is 0 Å². The van der Waals surface area contributed by atoms with Gasteiger partial charge in [0.25, 0.3) is 0 Å². The van der Waals surface area contributed by atoms with Gasteiger partial charge in [0.1, 0.15) is 5.69 Å². The fraction of sp³-hybridized carbons (Fsp3) is 0.0625. The lowest BCUT2D eigenvalue weighted by Gasteiger charge is -2.00. The second-order valence-corrected chi connectivity index (χ2v) is 4.42. The fourth-order valence-corrected chi connectivity index (χ4v) is 2.11. The molecule has 0 aliphatic heterocycles. The predicted octanol–water partition coefficient (Wildman–Crippen LogP) is 4.75. The topological polar surface area (TPSA) is 26.0 Å². The molecular weight excluding hydrogens is 258 g/mol. The van der Waals surface area contributed by atoms with Gasteiger partial charge in [-0.15, -0.1) is 11.6 Å². The van der Waals surface area contributed by atoms with E-state index in [1.165, 1.54) is 0 Å². The van der Waals surface area contributed by atoms with E-state index in [9.17, 15) is 0 Å². The minimum atomic E-state index is 0.271. The van der Waals surface area contributed by atoms with E-state index in [0.717, 1.165) is 22.6 Å². The van der Waals surface area contributed by atoms with Crippen LogP contribution in [0.1, 0.15) is 5.89 Å². The molecule has 94 valence electrons. The molecule has 0 amide bonds. The van der Waals surface area contributed by atoms with Crippen LogP contribution in [0, 0.1) is 0 Å². The summed E-state index contributed by atoms with van der Waals surface area (Å²) in [5, 5.41) is 0. The Kier molecular flexibility index (Phi) is 3.34. The van der Waals surface area contributed by atoms with Gasteiger partial charge in [0.2, 0.25) is 5.89 Å². The highest BCUT2D eigenvalue weighted by molar-refractivity contribution is 6.16. The number of benzene rings is 2. The highest BCUT2D eigenvalue weighted by atomic mass is 35.5. The normalized spacial score (nSPS) is 10.6. The standard InChI is InChI=1S/C16H12ClNO/c17-11-14-18-15(12-7-3-1-4-8-12)16(19-14)13-9-5-2-6-10-13/h1-10H,11H2. The summed E-state index contributed by atoms with van der Waals surface area (Å²) in [4.78, 5) is 4.48. The maximum Gasteiger partial charge on any atom is 0.210 e. The lowest BCUT2D eigenvalue weighted by atomic mass is 10.1. The van der Waals surface area contributed by atoms with E-state index in [4.69, 9.17) is 16.0 Å². The Hall–Kier alpha value is -2.06. The Morgan fingerprint density at radius 2 is 1.42 bits per heavy atom. The maximum absolute atomic E-state index is 5.83. The molecule has 0 bridgehead atoms. The van der Waals surface area contributed by atoms with Crippen LogP contribution in [0.5, 0.6) is 0 Å². The number of rotatable bonds is 3. The largest absolute Gasteiger partial charge is 0.439 e. The third kappa shape index (κ3) is 2.40. The molecule has 3 aromatic rings. The van der Waals surface area contributed by atoms with Crippen molar-refractivity contribution in [2.75, 3.05) is 0 Å². The van der Waals surface area contributed by atoms with Crippen LogP contribution >= 0.6 is 11.6 Å². The van der Waals surface area contributed by atoms with Gasteiger partial charge in [-0.3, -0.25) is 0 Å². The smallest absolute Gasteiger partial charge is 0.210 e. The molecule has 0 saturated heterocycles. The van der Waals surface area contributed by atoms with Gasteiger partial charge in [0.15, 0.2) is 5.76 Å². The average Bonchev–Trinajstić information content (AvgIpc) is 2.93. The van der Waals surface area contributed by atoms with Crippen LogP contribution in [0.2, 0.25) is 0 Å². The van der Waals surface area contributed by atoms with Gasteiger partial charge < -0.3 is 4.42 Å². The van der Waals surface area contributed by atoms with Crippen molar-refractivity contribution in [3.8, 4) is 22.6 Å². The molecule has 3 rings (SSSR count). The molecule has 1 aromatic heterocycles. The van der Waals surface area contributed by atoms with Gasteiger partial charge >= 0.3 is 0 Å². The van der Waals surface area contributed by atoms with Crippen molar-refractivity contribution >= 4 is 11.6 Å². The van der Waals surface area contributed by atoms with Crippen LogP contribution in [-0.2, 0) is 5.88 Å². The quantitative estimate of drug-likeness (QED) is 0.642. The van der Waals surface area contributed by atoms with Crippen molar-refractivity contribution < 1.29 is 4.42 Å². The fourth-order valence-electron chi connectivity index (χ4n) is 2.00. The van der Waals surface area contributed by atoms with E-state index in [2.05, 4.69) is 4.98 Å². The Morgan fingerprint density at radius 3 is 2.00 bits per heavy atom. The summed E-state index contributed by atoms with van der Waals surface area (Å²) in [6.45, 7) is 0. The summed E-state index contributed by atoms with van der Waals surface area (Å²) in [6.07, 6.45) is 0. The maximum atomic E-state index is 5.83. The zero-order valence-corrected chi connectivity index (χ0v) is 11.0. The van der Waals surface area contributed by atoms with Crippen molar-refractivity contribution in [3.05, 3.63) is 66.6 Å². The molecule has 3 heteroatoms. The monoisotopic (exact) mass is 269 g/mol. The molecular formula is C16H12ClNO. The summed E-state index contributed by atoms with van der Waals surface area (Å²) in [7, 11) is 0. The van der Waals surface area contributed by atoms with Crippen molar-refractivity contribution in [2.24, 2.45) is 0 Å². The SMILES string of the molecule is ClCc1nc(-c2ccccc2)c(-c2ccccc2)o1. The molecule has 0 N–H and O–H groups in total.